The van der Waals surface area contributed by atoms with Gasteiger partial charge in [0.05, 0.1) is 10.7 Å². The number of aromatic amines is 1. The summed E-state index contributed by atoms with van der Waals surface area (Å²) in [4.78, 5) is 15.7. The van der Waals surface area contributed by atoms with Gasteiger partial charge in [0.1, 0.15) is 0 Å². The highest BCUT2D eigenvalue weighted by Gasteiger charge is 2.15. The number of H-pyrrole nitrogens is 1. The van der Waals surface area contributed by atoms with E-state index >= 15 is 0 Å². The molecule has 3 rings (SSSR count). The molecule has 100 valence electrons. The van der Waals surface area contributed by atoms with Crippen LogP contribution in [0.2, 0.25) is 5.02 Å². The second-order valence-corrected chi connectivity index (χ2v) is 5.22. The van der Waals surface area contributed by atoms with Crippen LogP contribution >= 0.6 is 11.6 Å². The number of nitrogens with one attached hydrogen (secondary N) is 1. The largest absolute Gasteiger partial charge is 0.398 e. The summed E-state index contributed by atoms with van der Waals surface area (Å²) in [6, 6.07) is 10.9. The number of nitrogens with two attached hydrogens (primary N) is 1. The maximum Gasteiger partial charge on any atom is 0.195 e. The number of hydrogen-bond donors (Lipinski definition) is 2. The average Bonchev–Trinajstić information content (AvgIpc) is 2.84. The molecule has 0 radical (unpaired) electrons. The van der Waals surface area contributed by atoms with E-state index in [1.807, 2.05) is 25.1 Å². The van der Waals surface area contributed by atoms with E-state index in [0.29, 0.717) is 21.8 Å². The van der Waals surface area contributed by atoms with Crippen LogP contribution in [0.15, 0.2) is 42.6 Å². The van der Waals surface area contributed by atoms with Crippen molar-refractivity contribution in [3.8, 4) is 0 Å². The van der Waals surface area contributed by atoms with Gasteiger partial charge in [-0.15, -0.1) is 0 Å². The van der Waals surface area contributed by atoms with Gasteiger partial charge in [-0.25, -0.2) is 0 Å². The summed E-state index contributed by atoms with van der Waals surface area (Å²) in [7, 11) is 0. The molecule has 0 unspecified atom stereocenters. The van der Waals surface area contributed by atoms with Crippen molar-refractivity contribution in [1.82, 2.24) is 4.98 Å². The third-order valence-electron chi connectivity index (χ3n) is 3.34. The van der Waals surface area contributed by atoms with E-state index in [2.05, 4.69) is 4.98 Å². The number of nitrogen functional groups attached to an aromatic ring is 1. The number of aryl methyl sites for hydroxylation is 1. The summed E-state index contributed by atoms with van der Waals surface area (Å²) in [6.45, 7) is 2.00. The van der Waals surface area contributed by atoms with Gasteiger partial charge in [-0.2, -0.15) is 0 Å². The SMILES string of the molecule is Cc1ccc2[nH]cc(C(=O)c3ccc(Cl)c(N)c3)c2c1. The molecule has 4 heteroatoms. The molecule has 0 atom stereocenters. The number of carbonyl (C=O) groups is 1. The lowest BCUT2D eigenvalue weighted by atomic mass is 10.0. The number of carbonyl (C=O) groups excluding carboxylic acids is 1. The fourth-order valence-corrected chi connectivity index (χ4v) is 2.38. The van der Waals surface area contributed by atoms with Crippen LogP contribution < -0.4 is 5.73 Å². The minimum absolute atomic E-state index is 0.0646. The molecule has 0 aliphatic heterocycles. The number of hydrogen-bond acceptors (Lipinski definition) is 2. The van der Waals surface area contributed by atoms with Gasteiger partial charge >= 0.3 is 0 Å². The number of ketones is 1. The minimum atomic E-state index is -0.0646. The van der Waals surface area contributed by atoms with E-state index in [9.17, 15) is 4.79 Å². The molecule has 0 aliphatic carbocycles. The number of benzene rings is 2. The summed E-state index contributed by atoms with van der Waals surface area (Å²) in [5.41, 5.74) is 9.41. The van der Waals surface area contributed by atoms with Crippen molar-refractivity contribution < 1.29 is 4.79 Å². The number of halogens is 1. The fraction of sp³-hybridized carbons (Fsp3) is 0.0625. The fourth-order valence-electron chi connectivity index (χ4n) is 2.26. The third kappa shape index (κ3) is 2.06. The second kappa shape index (κ2) is 4.69. The van der Waals surface area contributed by atoms with Crippen LogP contribution in [0, 0.1) is 6.92 Å². The van der Waals surface area contributed by atoms with Crippen molar-refractivity contribution in [2.45, 2.75) is 6.92 Å². The summed E-state index contributed by atoms with van der Waals surface area (Å²) in [5, 5.41) is 1.37. The molecular formula is C16H13ClN2O. The first-order chi connectivity index (χ1) is 9.56. The Morgan fingerprint density at radius 3 is 2.75 bits per heavy atom. The monoisotopic (exact) mass is 284 g/mol. The Morgan fingerprint density at radius 1 is 1.20 bits per heavy atom. The Hall–Kier alpha value is -2.26. The molecule has 3 N–H and O–H groups in total. The maximum atomic E-state index is 12.6. The van der Waals surface area contributed by atoms with Gasteiger partial charge in [-0.1, -0.05) is 23.2 Å². The van der Waals surface area contributed by atoms with E-state index in [0.717, 1.165) is 16.5 Å². The van der Waals surface area contributed by atoms with Crippen molar-refractivity contribution in [1.29, 1.82) is 0 Å². The van der Waals surface area contributed by atoms with Gasteiger partial charge in [0.25, 0.3) is 0 Å². The molecule has 0 aliphatic rings. The van der Waals surface area contributed by atoms with Crippen LogP contribution in [0.4, 0.5) is 5.69 Å². The van der Waals surface area contributed by atoms with E-state index < -0.39 is 0 Å². The lowest BCUT2D eigenvalue weighted by molar-refractivity contribution is 0.104. The summed E-state index contributed by atoms with van der Waals surface area (Å²) in [6.07, 6.45) is 1.73. The summed E-state index contributed by atoms with van der Waals surface area (Å²) < 4.78 is 0. The van der Waals surface area contributed by atoms with Gasteiger partial charge in [0, 0.05) is 28.2 Å². The zero-order valence-electron chi connectivity index (χ0n) is 10.9. The van der Waals surface area contributed by atoms with Gasteiger partial charge < -0.3 is 10.7 Å². The number of aromatic nitrogens is 1. The lowest BCUT2D eigenvalue weighted by Crippen LogP contribution is -2.01. The van der Waals surface area contributed by atoms with Gasteiger partial charge in [-0.05, 0) is 37.3 Å². The van der Waals surface area contributed by atoms with Crippen molar-refractivity contribution in [2.75, 3.05) is 5.73 Å². The molecule has 1 aromatic heterocycles. The maximum absolute atomic E-state index is 12.6. The van der Waals surface area contributed by atoms with Gasteiger partial charge in [0.15, 0.2) is 5.78 Å². The first-order valence-corrected chi connectivity index (χ1v) is 6.61. The highest BCUT2D eigenvalue weighted by atomic mass is 35.5. The molecule has 0 bridgehead atoms. The smallest absolute Gasteiger partial charge is 0.195 e. The van der Waals surface area contributed by atoms with Crippen molar-refractivity contribution in [3.05, 3.63) is 64.3 Å². The average molecular weight is 285 g/mol. The highest BCUT2D eigenvalue weighted by Crippen LogP contribution is 2.25. The van der Waals surface area contributed by atoms with E-state index in [4.69, 9.17) is 17.3 Å². The molecule has 0 spiro atoms. The molecule has 3 nitrogen and oxygen atoms in total. The Balaban J connectivity index is 2.12. The van der Waals surface area contributed by atoms with Crippen LogP contribution in [0.5, 0.6) is 0 Å². The first kappa shape index (κ1) is 12.8. The molecule has 0 amide bonds. The first-order valence-electron chi connectivity index (χ1n) is 6.24. The van der Waals surface area contributed by atoms with Crippen LogP contribution in [0.1, 0.15) is 21.5 Å². The summed E-state index contributed by atoms with van der Waals surface area (Å²) in [5.74, 6) is -0.0646. The van der Waals surface area contributed by atoms with Crippen molar-refractivity contribution >= 4 is 34.0 Å². The zero-order chi connectivity index (χ0) is 14.3. The zero-order valence-corrected chi connectivity index (χ0v) is 11.7. The Bertz CT molecular complexity index is 820. The Labute approximate surface area is 121 Å². The van der Waals surface area contributed by atoms with E-state index in [-0.39, 0.29) is 5.78 Å². The topological polar surface area (TPSA) is 58.9 Å². The molecule has 3 aromatic rings. The Morgan fingerprint density at radius 2 is 2.00 bits per heavy atom. The molecule has 0 fully saturated rings. The quantitative estimate of drug-likeness (QED) is 0.553. The third-order valence-corrected chi connectivity index (χ3v) is 3.68. The standard InChI is InChI=1S/C16H13ClN2O/c1-9-2-5-15-11(6-9)12(8-19-15)16(20)10-3-4-13(17)14(18)7-10/h2-8,19H,18H2,1H3. The lowest BCUT2D eigenvalue weighted by Gasteiger charge is -2.03. The molecule has 20 heavy (non-hydrogen) atoms. The van der Waals surface area contributed by atoms with E-state index in [1.54, 1.807) is 24.4 Å². The molecule has 2 aromatic carbocycles. The predicted molar refractivity (Wildman–Crippen MR) is 82.3 cm³/mol. The van der Waals surface area contributed by atoms with Gasteiger partial charge in [-0.3, -0.25) is 4.79 Å². The van der Waals surface area contributed by atoms with Crippen LogP contribution in [-0.4, -0.2) is 10.8 Å². The summed E-state index contributed by atoms with van der Waals surface area (Å²) >= 11 is 5.88. The van der Waals surface area contributed by atoms with Crippen molar-refractivity contribution in [2.24, 2.45) is 0 Å². The molecular weight excluding hydrogens is 272 g/mol. The number of rotatable bonds is 2. The van der Waals surface area contributed by atoms with Gasteiger partial charge in [0.2, 0.25) is 0 Å². The van der Waals surface area contributed by atoms with E-state index in [1.165, 1.54) is 0 Å². The van der Waals surface area contributed by atoms with Crippen molar-refractivity contribution in [3.63, 3.8) is 0 Å². The predicted octanol–water partition coefficient (Wildman–Crippen LogP) is 3.94. The normalized spacial score (nSPS) is 10.9. The molecule has 0 saturated heterocycles. The molecule has 0 saturated carbocycles. The minimum Gasteiger partial charge on any atom is -0.398 e. The second-order valence-electron chi connectivity index (χ2n) is 4.82. The van der Waals surface area contributed by atoms with Crippen LogP contribution in [0.25, 0.3) is 10.9 Å². The molecule has 1 heterocycles. The van der Waals surface area contributed by atoms with Crippen LogP contribution in [-0.2, 0) is 0 Å². The Kier molecular flexibility index (Phi) is 2.99. The number of fused-ring (bicyclic) bond motifs is 1. The van der Waals surface area contributed by atoms with Crippen LogP contribution in [0.3, 0.4) is 0 Å². The highest BCUT2D eigenvalue weighted by molar-refractivity contribution is 6.33. The number of anilines is 1.